The molecular weight excluding hydrogens is 464 g/mol. The third-order valence-electron chi connectivity index (χ3n) is 7.91. The summed E-state index contributed by atoms with van der Waals surface area (Å²) >= 11 is 0. The molecule has 0 aliphatic heterocycles. The summed E-state index contributed by atoms with van der Waals surface area (Å²) < 4.78 is 5.88. The second-order valence-corrected chi connectivity index (χ2v) is 10.2. The van der Waals surface area contributed by atoms with E-state index >= 15 is 0 Å². The minimum Gasteiger partial charge on any atom is -0.491 e. The fraction of sp³-hybridized carbons (Fsp3) is 0.531. The van der Waals surface area contributed by atoms with E-state index in [0.29, 0.717) is 25.7 Å². The maximum Gasteiger partial charge on any atom is 0.303 e. The number of hydrogen-bond donors (Lipinski definition) is 3. The lowest BCUT2D eigenvalue weighted by molar-refractivity contribution is -0.137. The molecule has 0 bridgehead atoms. The molecule has 0 aliphatic carbocycles. The maximum atomic E-state index is 10.7. The first-order valence-electron chi connectivity index (χ1n) is 13.7. The quantitative estimate of drug-likeness (QED) is 0.241. The number of carboxylic acids is 1. The van der Waals surface area contributed by atoms with E-state index in [9.17, 15) is 15.0 Å². The number of ether oxygens (including phenoxy) is 1. The third-order valence-corrected chi connectivity index (χ3v) is 7.91. The predicted octanol–water partition coefficient (Wildman–Crippen LogP) is 6.97. The number of aliphatic carboxylic acids is 1. The zero-order valence-corrected chi connectivity index (χ0v) is 23.5. The Kier molecular flexibility index (Phi) is 11.4. The standard InChI is InChI=1S/C32H46O5/c1-7-31(36,8-2)19-18-25-14-15-26(20-23(25)5)32(9-3,10-4)27-16-17-29(24(6)21-27)37-22-28(33)12-11-13-30(34)35/h14-21,28,33,36H,7-13,22H2,1-6H3,(H,34,35)/b19-18+/t28-/m0/s1. The lowest BCUT2D eigenvalue weighted by Crippen LogP contribution is -2.26. The minimum atomic E-state index is -0.851. The summed E-state index contributed by atoms with van der Waals surface area (Å²) in [7, 11) is 0. The average Bonchev–Trinajstić information content (AvgIpc) is 2.88. The van der Waals surface area contributed by atoms with Crippen molar-refractivity contribution < 1.29 is 24.9 Å². The van der Waals surface area contributed by atoms with Gasteiger partial charge in [-0.2, -0.15) is 0 Å². The largest absolute Gasteiger partial charge is 0.491 e. The highest BCUT2D eigenvalue weighted by Gasteiger charge is 2.31. The van der Waals surface area contributed by atoms with Crippen molar-refractivity contribution in [3.05, 3.63) is 70.3 Å². The molecule has 0 aliphatic rings. The van der Waals surface area contributed by atoms with Gasteiger partial charge in [-0.3, -0.25) is 4.79 Å². The number of carbonyl (C=O) groups is 1. The molecule has 0 saturated carbocycles. The summed E-state index contributed by atoms with van der Waals surface area (Å²) in [6.45, 7) is 12.7. The van der Waals surface area contributed by atoms with Crippen LogP contribution in [0.15, 0.2) is 42.5 Å². The molecule has 0 saturated heterocycles. The molecule has 37 heavy (non-hydrogen) atoms. The van der Waals surface area contributed by atoms with Crippen LogP contribution in [0.4, 0.5) is 0 Å². The fourth-order valence-corrected chi connectivity index (χ4v) is 4.99. The van der Waals surface area contributed by atoms with E-state index in [1.165, 1.54) is 16.7 Å². The summed E-state index contributed by atoms with van der Waals surface area (Å²) in [5.41, 5.74) is 4.91. The highest BCUT2D eigenvalue weighted by Crippen LogP contribution is 2.41. The highest BCUT2D eigenvalue weighted by molar-refractivity contribution is 5.66. The SMILES string of the molecule is CCC(O)(/C=C/c1ccc(C(CC)(CC)c2ccc(OC[C@@H](O)CCCC(=O)O)c(C)c2)cc1C)CC. The van der Waals surface area contributed by atoms with Crippen molar-refractivity contribution in [3.63, 3.8) is 0 Å². The molecule has 3 N–H and O–H groups in total. The molecule has 0 amide bonds. The van der Waals surface area contributed by atoms with Crippen LogP contribution in [0.25, 0.3) is 6.08 Å². The summed E-state index contributed by atoms with van der Waals surface area (Å²) in [6.07, 6.45) is 7.44. The lowest BCUT2D eigenvalue weighted by atomic mass is 9.70. The second-order valence-electron chi connectivity index (χ2n) is 10.2. The third kappa shape index (κ3) is 7.93. The van der Waals surface area contributed by atoms with Crippen molar-refractivity contribution in [2.45, 2.75) is 104 Å². The van der Waals surface area contributed by atoms with Gasteiger partial charge in [0.2, 0.25) is 0 Å². The fourth-order valence-electron chi connectivity index (χ4n) is 4.99. The molecule has 0 radical (unpaired) electrons. The van der Waals surface area contributed by atoms with E-state index < -0.39 is 17.7 Å². The van der Waals surface area contributed by atoms with E-state index in [-0.39, 0.29) is 18.4 Å². The van der Waals surface area contributed by atoms with Crippen LogP contribution >= 0.6 is 0 Å². The number of aliphatic hydroxyl groups excluding tert-OH is 1. The van der Waals surface area contributed by atoms with E-state index in [1.807, 2.05) is 39.0 Å². The molecule has 0 fully saturated rings. The Morgan fingerprint density at radius 1 is 0.946 bits per heavy atom. The minimum absolute atomic E-state index is 0.0529. The summed E-state index contributed by atoms with van der Waals surface area (Å²) in [6, 6.07) is 12.9. The molecule has 2 aromatic rings. The number of aliphatic hydroxyl groups is 2. The molecule has 5 nitrogen and oxygen atoms in total. The number of rotatable bonds is 15. The molecular formula is C32H46O5. The topological polar surface area (TPSA) is 87.0 Å². The normalized spacial score (nSPS) is 13.2. The van der Waals surface area contributed by atoms with Crippen LogP contribution < -0.4 is 4.74 Å². The van der Waals surface area contributed by atoms with Gasteiger partial charge in [-0.15, -0.1) is 0 Å². The first kappa shape index (κ1) is 30.6. The van der Waals surface area contributed by atoms with Crippen molar-refractivity contribution in [2.24, 2.45) is 0 Å². The Bertz CT molecular complexity index is 1050. The van der Waals surface area contributed by atoms with E-state index in [4.69, 9.17) is 9.84 Å². The number of carboxylic acid groups (broad SMARTS) is 1. The Labute approximate surface area is 223 Å². The van der Waals surface area contributed by atoms with Gasteiger partial charge in [-0.25, -0.2) is 0 Å². The summed E-state index contributed by atoms with van der Waals surface area (Å²) in [4.78, 5) is 10.7. The highest BCUT2D eigenvalue weighted by atomic mass is 16.5. The predicted molar refractivity (Wildman–Crippen MR) is 151 cm³/mol. The monoisotopic (exact) mass is 510 g/mol. The molecule has 0 unspecified atom stereocenters. The summed E-state index contributed by atoms with van der Waals surface area (Å²) in [5, 5.41) is 29.5. The van der Waals surface area contributed by atoms with E-state index in [0.717, 1.165) is 29.7 Å². The Morgan fingerprint density at radius 3 is 2.05 bits per heavy atom. The van der Waals surface area contributed by atoms with Crippen LogP contribution in [0.3, 0.4) is 0 Å². The van der Waals surface area contributed by atoms with Gasteiger partial charge >= 0.3 is 5.97 Å². The Morgan fingerprint density at radius 2 is 1.54 bits per heavy atom. The first-order chi connectivity index (χ1) is 17.5. The molecule has 0 spiro atoms. The molecule has 204 valence electrons. The number of aryl methyl sites for hydroxylation is 2. The van der Waals surface area contributed by atoms with Gasteiger partial charge in [0.25, 0.3) is 0 Å². The molecule has 1 atom stereocenters. The van der Waals surface area contributed by atoms with E-state index in [2.05, 4.69) is 51.1 Å². The second kappa shape index (κ2) is 13.8. The van der Waals surface area contributed by atoms with Gasteiger partial charge in [0.15, 0.2) is 0 Å². The molecule has 5 heteroatoms. The van der Waals surface area contributed by atoms with Crippen molar-refractivity contribution >= 4 is 12.0 Å². The maximum absolute atomic E-state index is 10.7. The van der Waals surface area contributed by atoms with Crippen LogP contribution in [-0.2, 0) is 10.2 Å². The van der Waals surface area contributed by atoms with Crippen molar-refractivity contribution in [1.29, 1.82) is 0 Å². The number of hydrogen-bond acceptors (Lipinski definition) is 4. The van der Waals surface area contributed by atoms with Crippen LogP contribution in [0.5, 0.6) is 5.75 Å². The zero-order valence-electron chi connectivity index (χ0n) is 23.5. The van der Waals surface area contributed by atoms with Crippen molar-refractivity contribution in [1.82, 2.24) is 0 Å². The smallest absolute Gasteiger partial charge is 0.303 e. The Hall–Kier alpha value is -2.63. The zero-order chi connectivity index (χ0) is 27.6. The van der Waals surface area contributed by atoms with Gasteiger partial charge in [0.05, 0.1) is 11.7 Å². The van der Waals surface area contributed by atoms with Crippen molar-refractivity contribution in [3.8, 4) is 5.75 Å². The van der Waals surface area contributed by atoms with Gasteiger partial charge in [0, 0.05) is 11.8 Å². The summed E-state index contributed by atoms with van der Waals surface area (Å²) in [5.74, 6) is -0.116. The van der Waals surface area contributed by atoms with Gasteiger partial charge in [0.1, 0.15) is 12.4 Å². The van der Waals surface area contributed by atoms with Crippen LogP contribution in [0.1, 0.15) is 100 Å². The van der Waals surface area contributed by atoms with E-state index in [1.54, 1.807) is 0 Å². The van der Waals surface area contributed by atoms with Gasteiger partial charge < -0.3 is 20.1 Å². The molecule has 2 rings (SSSR count). The van der Waals surface area contributed by atoms with Crippen LogP contribution in [0.2, 0.25) is 0 Å². The van der Waals surface area contributed by atoms with Gasteiger partial charge in [-0.05, 0) is 86.3 Å². The first-order valence-corrected chi connectivity index (χ1v) is 13.7. The molecule has 2 aromatic carbocycles. The van der Waals surface area contributed by atoms with Crippen LogP contribution in [-0.4, -0.2) is 39.6 Å². The average molecular weight is 511 g/mol. The number of benzene rings is 2. The lowest BCUT2D eigenvalue weighted by Gasteiger charge is -2.34. The Balaban J connectivity index is 2.26. The molecule has 0 heterocycles. The van der Waals surface area contributed by atoms with Crippen LogP contribution in [0, 0.1) is 13.8 Å². The van der Waals surface area contributed by atoms with Crippen molar-refractivity contribution in [2.75, 3.05) is 6.61 Å². The van der Waals surface area contributed by atoms with Gasteiger partial charge in [-0.1, -0.05) is 70.2 Å². The molecule has 0 aromatic heterocycles.